The second kappa shape index (κ2) is 10.5. The number of rotatable bonds is 11. The molecule has 0 aromatic rings. The lowest BCUT2D eigenvalue weighted by Gasteiger charge is -2.19. The summed E-state index contributed by atoms with van der Waals surface area (Å²) in [5.74, 6) is -0.906. The van der Waals surface area contributed by atoms with Gasteiger partial charge in [-0.15, -0.1) is 0 Å². The van der Waals surface area contributed by atoms with Gasteiger partial charge in [0, 0.05) is 0 Å². The summed E-state index contributed by atoms with van der Waals surface area (Å²) in [6.07, 6.45) is 5.04. The maximum Gasteiger partial charge on any atom is 0.320 e. The largest absolute Gasteiger partial charge is 0.480 e. The average molecular weight is 246 g/mol. The molecule has 5 heteroatoms. The quantitative estimate of drug-likeness (QED) is 0.323. The lowest BCUT2D eigenvalue weighted by molar-refractivity contribution is -0.140. The molecule has 0 aromatic carbocycles. The highest BCUT2D eigenvalue weighted by Crippen LogP contribution is 2.05. The Morgan fingerprint density at radius 2 is 1.88 bits per heavy atom. The lowest BCUT2D eigenvalue weighted by atomic mass is 10.1. The molecule has 0 saturated heterocycles. The van der Waals surface area contributed by atoms with Crippen molar-refractivity contribution in [2.24, 2.45) is 5.73 Å². The summed E-state index contributed by atoms with van der Waals surface area (Å²) in [5, 5.41) is 21.4. The van der Waals surface area contributed by atoms with Gasteiger partial charge in [0.15, 0.2) is 0 Å². The Hall–Kier alpha value is -0.650. The predicted octanol–water partition coefficient (Wildman–Crippen LogP) is 1.06. The molecular formula is C12H26N2O3. The standard InChI is InChI=1S/C12H26N2O3/c1-2-3-4-8-11(15)14-10(12(16)17)7-5-6-9-13/h10-11,14-15H,2-9,13H2,1H3,(H,16,17)/t10-,11?/m0/s1. The zero-order valence-corrected chi connectivity index (χ0v) is 10.7. The molecule has 0 aliphatic heterocycles. The minimum absolute atomic E-state index is 0.511. The third-order valence-corrected chi connectivity index (χ3v) is 2.72. The lowest BCUT2D eigenvalue weighted by Crippen LogP contribution is -2.43. The number of nitrogens with two attached hydrogens (primary N) is 1. The summed E-state index contributed by atoms with van der Waals surface area (Å²) >= 11 is 0. The normalized spacial score (nSPS) is 14.5. The van der Waals surface area contributed by atoms with Gasteiger partial charge in [-0.3, -0.25) is 10.1 Å². The second-order valence-corrected chi connectivity index (χ2v) is 4.35. The van der Waals surface area contributed by atoms with Crippen LogP contribution in [0.5, 0.6) is 0 Å². The fourth-order valence-electron chi connectivity index (χ4n) is 1.67. The molecule has 2 atom stereocenters. The number of aliphatic carboxylic acids is 1. The maximum absolute atomic E-state index is 11.0. The molecule has 0 aliphatic rings. The van der Waals surface area contributed by atoms with Crippen LogP contribution in [0.4, 0.5) is 0 Å². The van der Waals surface area contributed by atoms with E-state index in [0.29, 0.717) is 19.4 Å². The number of carboxylic acid groups (broad SMARTS) is 1. The van der Waals surface area contributed by atoms with Gasteiger partial charge in [0.05, 0.1) is 0 Å². The van der Waals surface area contributed by atoms with Crippen LogP contribution >= 0.6 is 0 Å². The van der Waals surface area contributed by atoms with Crippen LogP contribution in [-0.2, 0) is 4.79 Å². The van der Waals surface area contributed by atoms with Crippen LogP contribution in [0.15, 0.2) is 0 Å². The van der Waals surface area contributed by atoms with Crippen molar-refractivity contribution in [2.45, 2.75) is 64.1 Å². The Bertz CT molecular complexity index is 200. The van der Waals surface area contributed by atoms with Crippen LogP contribution in [0, 0.1) is 0 Å². The summed E-state index contributed by atoms with van der Waals surface area (Å²) in [5.41, 5.74) is 5.36. The Labute approximate surface area is 103 Å². The van der Waals surface area contributed by atoms with E-state index < -0.39 is 18.2 Å². The van der Waals surface area contributed by atoms with Crippen LogP contribution in [0.2, 0.25) is 0 Å². The highest BCUT2D eigenvalue weighted by Gasteiger charge is 2.19. The molecule has 102 valence electrons. The Balaban J connectivity index is 3.85. The first-order valence-electron chi connectivity index (χ1n) is 6.48. The summed E-state index contributed by atoms with van der Waals surface area (Å²) in [6, 6.07) is -0.668. The maximum atomic E-state index is 11.0. The van der Waals surface area contributed by atoms with Crippen molar-refractivity contribution >= 4 is 5.97 Å². The summed E-state index contributed by atoms with van der Waals surface area (Å²) in [6.45, 7) is 2.66. The molecule has 0 spiro atoms. The molecule has 5 N–H and O–H groups in total. The van der Waals surface area contributed by atoms with Gasteiger partial charge in [0.2, 0.25) is 0 Å². The van der Waals surface area contributed by atoms with Crippen molar-refractivity contribution in [3.8, 4) is 0 Å². The van der Waals surface area contributed by atoms with E-state index in [-0.39, 0.29) is 0 Å². The van der Waals surface area contributed by atoms with Gasteiger partial charge >= 0.3 is 5.97 Å². The molecule has 0 radical (unpaired) electrons. The van der Waals surface area contributed by atoms with Crippen molar-refractivity contribution in [3.05, 3.63) is 0 Å². The highest BCUT2D eigenvalue weighted by molar-refractivity contribution is 5.73. The third kappa shape index (κ3) is 9.09. The van der Waals surface area contributed by atoms with Crippen molar-refractivity contribution in [1.82, 2.24) is 5.32 Å². The van der Waals surface area contributed by atoms with E-state index in [4.69, 9.17) is 10.8 Å². The van der Waals surface area contributed by atoms with Crippen LogP contribution in [0.25, 0.3) is 0 Å². The van der Waals surface area contributed by atoms with Gasteiger partial charge in [0.25, 0.3) is 0 Å². The second-order valence-electron chi connectivity index (χ2n) is 4.35. The summed E-state index contributed by atoms with van der Waals surface area (Å²) in [7, 11) is 0. The zero-order chi connectivity index (χ0) is 13.1. The molecule has 5 nitrogen and oxygen atoms in total. The monoisotopic (exact) mass is 246 g/mol. The molecule has 0 aliphatic carbocycles. The molecule has 0 bridgehead atoms. The van der Waals surface area contributed by atoms with Gasteiger partial charge in [-0.2, -0.15) is 0 Å². The van der Waals surface area contributed by atoms with E-state index in [1.807, 2.05) is 0 Å². The number of carbonyl (C=O) groups is 1. The van der Waals surface area contributed by atoms with Crippen LogP contribution in [-0.4, -0.2) is 35.0 Å². The van der Waals surface area contributed by atoms with Crippen molar-refractivity contribution < 1.29 is 15.0 Å². The molecule has 0 saturated carbocycles. The van der Waals surface area contributed by atoms with Gasteiger partial charge in [-0.05, 0) is 32.2 Å². The first-order chi connectivity index (χ1) is 8.11. The Morgan fingerprint density at radius 3 is 2.41 bits per heavy atom. The highest BCUT2D eigenvalue weighted by atomic mass is 16.4. The van der Waals surface area contributed by atoms with Gasteiger partial charge < -0.3 is 15.9 Å². The van der Waals surface area contributed by atoms with E-state index in [1.54, 1.807) is 0 Å². The van der Waals surface area contributed by atoms with Gasteiger partial charge in [0.1, 0.15) is 12.3 Å². The molecule has 1 unspecified atom stereocenters. The van der Waals surface area contributed by atoms with Crippen molar-refractivity contribution in [2.75, 3.05) is 6.54 Å². The smallest absolute Gasteiger partial charge is 0.320 e. The first kappa shape index (κ1) is 16.4. The molecule has 0 fully saturated rings. The molecule has 0 amide bonds. The molecular weight excluding hydrogens is 220 g/mol. The third-order valence-electron chi connectivity index (χ3n) is 2.72. The minimum atomic E-state index is -0.906. The van der Waals surface area contributed by atoms with Gasteiger partial charge in [-0.1, -0.05) is 26.2 Å². The van der Waals surface area contributed by atoms with Crippen LogP contribution in [0.3, 0.4) is 0 Å². The van der Waals surface area contributed by atoms with Crippen molar-refractivity contribution in [3.63, 3.8) is 0 Å². The van der Waals surface area contributed by atoms with Crippen LogP contribution in [0.1, 0.15) is 51.9 Å². The van der Waals surface area contributed by atoms with E-state index in [0.717, 1.165) is 32.1 Å². The molecule has 0 aromatic heterocycles. The summed E-state index contributed by atoms with van der Waals surface area (Å²) < 4.78 is 0. The fraction of sp³-hybridized carbons (Fsp3) is 0.917. The molecule has 17 heavy (non-hydrogen) atoms. The number of hydrogen-bond acceptors (Lipinski definition) is 4. The van der Waals surface area contributed by atoms with Gasteiger partial charge in [-0.25, -0.2) is 0 Å². The van der Waals surface area contributed by atoms with E-state index in [2.05, 4.69) is 12.2 Å². The van der Waals surface area contributed by atoms with E-state index in [9.17, 15) is 9.90 Å². The number of nitrogens with one attached hydrogen (secondary N) is 1. The number of carboxylic acids is 1. The number of aliphatic hydroxyl groups is 1. The SMILES string of the molecule is CCCCCC(O)N[C@@H](CCCCN)C(=O)O. The Morgan fingerprint density at radius 1 is 1.24 bits per heavy atom. The number of hydrogen-bond donors (Lipinski definition) is 4. The first-order valence-corrected chi connectivity index (χ1v) is 6.48. The molecule has 0 heterocycles. The number of unbranched alkanes of at least 4 members (excludes halogenated alkanes) is 3. The van der Waals surface area contributed by atoms with Crippen LogP contribution < -0.4 is 11.1 Å². The van der Waals surface area contributed by atoms with E-state index >= 15 is 0 Å². The summed E-state index contributed by atoms with van der Waals surface area (Å²) in [4.78, 5) is 11.0. The molecule has 0 rings (SSSR count). The minimum Gasteiger partial charge on any atom is -0.480 e. The predicted molar refractivity (Wildman–Crippen MR) is 67.6 cm³/mol. The average Bonchev–Trinajstić information content (AvgIpc) is 2.28. The number of aliphatic hydroxyl groups excluding tert-OH is 1. The Kier molecular flexibility index (Phi) is 10.1. The topological polar surface area (TPSA) is 95.6 Å². The van der Waals surface area contributed by atoms with E-state index in [1.165, 1.54) is 0 Å². The van der Waals surface area contributed by atoms with Crippen molar-refractivity contribution in [1.29, 1.82) is 0 Å². The zero-order valence-electron chi connectivity index (χ0n) is 10.7. The fourth-order valence-corrected chi connectivity index (χ4v) is 1.67.